The zero-order valence-corrected chi connectivity index (χ0v) is 16.3. The summed E-state index contributed by atoms with van der Waals surface area (Å²) in [5.41, 5.74) is 15.7. The number of anilines is 1. The average Bonchev–Trinajstić information content (AvgIpc) is 3.24. The molecule has 3 rings (SSSR count). The highest BCUT2D eigenvalue weighted by Gasteiger charge is 2.45. The SMILES string of the molecule is NC(=O)NCCC[C@H](N)C(=O)OC[C@H]1O[C@@H](n2cnc3c(=O)[nH]c(N)nc32)[C@H](O)[C@@H]1O. The van der Waals surface area contributed by atoms with E-state index in [-0.39, 0.29) is 36.7 Å². The molecule has 1 saturated heterocycles. The van der Waals surface area contributed by atoms with E-state index in [1.54, 1.807) is 0 Å². The van der Waals surface area contributed by atoms with E-state index in [1.807, 2.05) is 0 Å². The van der Waals surface area contributed by atoms with E-state index >= 15 is 0 Å². The molecule has 0 aliphatic carbocycles. The molecule has 15 heteroatoms. The number of fused-ring (bicyclic) bond motifs is 1. The Morgan fingerprint density at radius 2 is 2.13 bits per heavy atom. The maximum Gasteiger partial charge on any atom is 0.323 e. The van der Waals surface area contributed by atoms with Crippen LogP contribution in [-0.4, -0.2) is 79.2 Å². The number of nitrogens with one attached hydrogen (secondary N) is 2. The number of carbonyl (C=O) groups is 2. The molecule has 1 fully saturated rings. The van der Waals surface area contributed by atoms with Crippen LogP contribution in [0.3, 0.4) is 0 Å². The maximum atomic E-state index is 12.0. The lowest BCUT2D eigenvalue weighted by Crippen LogP contribution is -2.38. The molecule has 1 aliphatic rings. The van der Waals surface area contributed by atoms with Crippen molar-refractivity contribution in [2.45, 2.75) is 43.4 Å². The normalized spacial score (nSPS) is 24.2. The van der Waals surface area contributed by atoms with Gasteiger partial charge >= 0.3 is 12.0 Å². The van der Waals surface area contributed by atoms with Gasteiger partial charge < -0.3 is 42.2 Å². The zero-order valence-electron chi connectivity index (χ0n) is 16.3. The Hall–Kier alpha value is -3.27. The molecule has 2 amide bonds. The fourth-order valence-corrected chi connectivity index (χ4v) is 3.15. The number of carbonyl (C=O) groups excluding carboxylic acids is 2. The molecule has 0 spiro atoms. The van der Waals surface area contributed by atoms with Gasteiger partial charge in [0.25, 0.3) is 5.56 Å². The van der Waals surface area contributed by atoms with Gasteiger partial charge in [-0.1, -0.05) is 0 Å². The monoisotopic (exact) mass is 440 g/mol. The van der Waals surface area contributed by atoms with Crippen molar-refractivity contribution in [2.24, 2.45) is 11.5 Å². The quantitative estimate of drug-likeness (QED) is 0.158. The van der Waals surface area contributed by atoms with Gasteiger partial charge in [0.1, 0.15) is 31.0 Å². The Morgan fingerprint density at radius 3 is 2.84 bits per heavy atom. The van der Waals surface area contributed by atoms with Crippen molar-refractivity contribution in [1.29, 1.82) is 0 Å². The number of nitrogens with two attached hydrogens (primary N) is 3. The minimum atomic E-state index is -1.42. The minimum Gasteiger partial charge on any atom is -0.462 e. The average molecular weight is 440 g/mol. The number of aromatic amines is 1. The van der Waals surface area contributed by atoms with Crippen LogP contribution in [0.25, 0.3) is 11.2 Å². The van der Waals surface area contributed by atoms with Crippen LogP contribution in [0.1, 0.15) is 19.1 Å². The van der Waals surface area contributed by atoms with E-state index in [4.69, 9.17) is 26.7 Å². The summed E-state index contributed by atoms with van der Waals surface area (Å²) in [5.74, 6) is -0.889. The fraction of sp³-hybridized carbons (Fsp3) is 0.562. The number of hydrogen-bond acceptors (Lipinski definition) is 11. The van der Waals surface area contributed by atoms with Crippen LogP contribution in [0.5, 0.6) is 0 Å². The van der Waals surface area contributed by atoms with Crippen molar-refractivity contribution in [3.05, 3.63) is 16.7 Å². The molecule has 0 radical (unpaired) electrons. The zero-order chi connectivity index (χ0) is 22.7. The van der Waals surface area contributed by atoms with Gasteiger partial charge in [0.2, 0.25) is 5.95 Å². The van der Waals surface area contributed by atoms with Crippen molar-refractivity contribution in [2.75, 3.05) is 18.9 Å². The number of amides is 2. The molecular formula is C16H24N8O7. The van der Waals surface area contributed by atoms with E-state index < -0.39 is 48.1 Å². The number of rotatable bonds is 8. The molecular weight excluding hydrogens is 416 g/mol. The summed E-state index contributed by atoms with van der Waals surface area (Å²) in [6, 6.07) is -1.63. The number of primary amides is 1. The van der Waals surface area contributed by atoms with Crippen LogP contribution in [0, 0.1) is 0 Å². The summed E-state index contributed by atoms with van der Waals surface area (Å²) in [4.78, 5) is 44.8. The van der Waals surface area contributed by atoms with Gasteiger partial charge in [-0.15, -0.1) is 0 Å². The second-order valence-electron chi connectivity index (χ2n) is 6.99. The van der Waals surface area contributed by atoms with Crippen molar-refractivity contribution < 1.29 is 29.3 Å². The van der Waals surface area contributed by atoms with Crippen LogP contribution >= 0.6 is 0 Å². The lowest BCUT2D eigenvalue weighted by Gasteiger charge is -2.17. The Morgan fingerprint density at radius 1 is 1.39 bits per heavy atom. The molecule has 5 atom stereocenters. The number of esters is 1. The number of urea groups is 1. The second-order valence-corrected chi connectivity index (χ2v) is 6.99. The molecule has 0 unspecified atom stereocenters. The third kappa shape index (κ3) is 4.91. The van der Waals surface area contributed by atoms with E-state index in [1.165, 1.54) is 10.9 Å². The van der Waals surface area contributed by atoms with Gasteiger partial charge in [-0.3, -0.25) is 19.1 Å². The Labute approximate surface area is 174 Å². The topological polar surface area (TPSA) is 247 Å². The maximum absolute atomic E-state index is 12.0. The smallest absolute Gasteiger partial charge is 0.323 e. The summed E-state index contributed by atoms with van der Waals surface area (Å²) in [6.45, 7) is -0.113. The summed E-state index contributed by atoms with van der Waals surface area (Å²) in [5, 5.41) is 23.0. The third-order valence-corrected chi connectivity index (χ3v) is 4.75. The van der Waals surface area contributed by atoms with Crippen LogP contribution in [0.15, 0.2) is 11.1 Å². The molecule has 10 N–H and O–H groups in total. The van der Waals surface area contributed by atoms with Crippen LogP contribution in [0.2, 0.25) is 0 Å². The lowest BCUT2D eigenvalue weighted by molar-refractivity contribution is -0.151. The summed E-state index contributed by atoms with van der Waals surface area (Å²) < 4.78 is 12.0. The summed E-state index contributed by atoms with van der Waals surface area (Å²) in [7, 11) is 0. The van der Waals surface area contributed by atoms with Crippen molar-refractivity contribution >= 4 is 29.1 Å². The molecule has 0 aromatic carbocycles. The van der Waals surface area contributed by atoms with E-state index in [2.05, 4.69) is 20.3 Å². The van der Waals surface area contributed by atoms with Crippen molar-refractivity contribution in [3.8, 4) is 0 Å². The molecule has 15 nitrogen and oxygen atoms in total. The number of nitrogen functional groups attached to an aromatic ring is 1. The van der Waals surface area contributed by atoms with Crippen molar-refractivity contribution in [3.63, 3.8) is 0 Å². The molecule has 0 saturated carbocycles. The number of imidazole rings is 1. The number of H-pyrrole nitrogens is 1. The van der Waals surface area contributed by atoms with Gasteiger partial charge in [0.15, 0.2) is 17.4 Å². The van der Waals surface area contributed by atoms with E-state index in [0.717, 1.165) is 0 Å². The second kappa shape index (κ2) is 9.25. The first-order valence-electron chi connectivity index (χ1n) is 9.38. The Bertz CT molecular complexity index is 1010. The van der Waals surface area contributed by atoms with E-state index in [0.29, 0.717) is 6.42 Å². The van der Waals surface area contributed by atoms with E-state index in [9.17, 15) is 24.6 Å². The van der Waals surface area contributed by atoms with Gasteiger partial charge in [0, 0.05) is 6.54 Å². The van der Waals surface area contributed by atoms with Crippen LogP contribution < -0.4 is 28.1 Å². The number of aliphatic hydroxyl groups is 2. The predicted molar refractivity (Wildman–Crippen MR) is 104 cm³/mol. The van der Waals surface area contributed by atoms with Gasteiger partial charge in [-0.25, -0.2) is 9.78 Å². The number of nitrogens with zero attached hydrogens (tertiary/aromatic N) is 3. The summed E-state index contributed by atoms with van der Waals surface area (Å²) >= 11 is 0. The number of hydrogen-bond donors (Lipinski definition) is 7. The molecule has 0 bridgehead atoms. The highest BCUT2D eigenvalue weighted by atomic mass is 16.6. The Balaban J connectivity index is 1.59. The van der Waals surface area contributed by atoms with Crippen molar-refractivity contribution in [1.82, 2.24) is 24.8 Å². The van der Waals surface area contributed by atoms with Crippen LogP contribution in [-0.2, 0) is 14.3 Å². The highest BCUT2D eigenvalue weighted by Crippen LogP contribution is 2.31. The Kier molecular flexibility index (Phi) is 6.69. The number of ether oxygens (including phenoxy) is 2. The first-order valence-corrected chi connectivity index (χ1v) is 9.38. The number of aromatic nitrogens is 4. The molecule has 2 aromatic rings. The van der Waals surface area contributed by atoms with Gasteiger partial charge in [0.05, 0.1) is 6.33 Å². The molecule has 3 heterocycles. The first kappa shape index (κ1) is 22.4. The molecule has 2 aromatic heterocycles. The molecule has 1 aliphatic heterocycles. The molecule has 170 valence electrons. The fourth-order valence-electron chi connectivity index (χ4n) is 3.15. The largest absolute Gasteiger partial charge is 0.462 e. The standard InChI is InChI=1S/C16H24N8O7/c17-6(2-1-3-20-16(19)29)14(28)30-4-7-9(25)10(26)13(31-7)24-5-21-8-11(24)22-15(18)23-12(8)27/h5-7,9-10,13,25-26H,1-4,17H2,(H3,19,20,29)(H3,18,22,23,27)/t6-,7+,9+,10+,13+/m0/s1. The summed E-state index contributed by atoms with van der Waals surface area (Å²) in [6.07, 6.45) is -3.16. The molecule has 31 heavy (non-hydrogen) atoms. The number of aliphatic hydroxyl groups excluding tert-OH is 2. The lowest BCUT2D eigenvalue weighted by atomic mass is 10.1. The minimum absolute atomic E-state index is 0.0221. The van der Waals surface area contributed by atoms with Crippen LogP contribution in [0.4, 0.5) is 10.7 Å². The highest BCUT2D eigenvalue weighted by molar-refractivity contribution is 5.75. The van der Waals surface area contributed by atoms with Gasteiger partial charge in [-0.2, -0.15) is 4.98 Å². The first-order chi connectivity index (χ1) is 14.7. The van der Waals surface area contributed by atoms with Gasteiger partial charge in [-0.05, 0) is 12.8 Å². The third-order valence-electron chi connectivity index (χ3n) is 4.75. The predicted octanol–water partition coefficient (Wildman–Crippen LogP) is -3.36.